The highest BCUT2D eigenvalue weighted by molar-refractivity contribution is 5.93. The summed E-state index contributed by atoms with van der Waals surface area (Å²) in [5, 5.41) is 16.7. The number of nitrogens with zero attached hydrogens (tertiary/aromatic N) is 1. The van der Waals surface area contributed by atoms with Crippen molar-refractivity contribution in [3.63, 3.8) is 0 Å². The van der Waals surface area contributed by atoms with Gasteiger partial charge in [-0.25, -0.2) is 4.79 Å². The number of amides is 4. The summed E-state index contributed by atoms with van der Waals surface area (Å²) < 4.78 is 0. The van der Waals surface area contributed by atoms with Crippen LogP contribution in [-0.2, 0) is 24.0 Å². The van der Waals surface area contributed by atoms with E-state index in [1.54, 1.807) is 0 Å². The van der Waals surface area contributed by atoms with Gasteiger partial charge in [0, 0.05) is 13.0 Å². The number of hydrogen-bond donors (Lipinski definition) is 8. The first-order chi connectivity index (χ1) is 15.4. The predicted octanol–water partition coefficient (Wildman–Crippen LogP) is -3.15. The first kappa shape index (κ1) is 29.6. The number of guanidine groups is 1. The minimum absolute atomic E-state index is 0.0400. The van der Waals surface area contributed by atoms with E-state index in [1.165, 1.54) is 0 Å². The molecule has 14 heteroatoms. The molecule has 12 N–H and O–H groups in total. The van der Waals surface area contributed by atoms with Gasteiger partial charge in [-0.3, -0.25) is 24.2 Å². The van der Waals surface area contributed by atoms with E-state index in [4.69, 9.17) is 22.9 Å². The fourth-order valence-corrected chi connectivity index (χ4v) is 2.82. The molecule has 0 saturated heterocycles. The van der Waals surface area contributed by atoms with Crippen LogP contribution in [0.1, 0.15) is 46.0 Å². The monoisotopic (exact) mass is 472 g/mol. The summed E-state index contributed by atoms with van der Waals surface area (Å²) in [6.45, 7) is 3.56. The van der Waals surface area contributed by atoms with Gasteiger partial charge in [-0.2, -0.15) is 0 Å². The Bertz CT molecular complexity index is 723. The third kappa shape index (κ3) is 13.6. The average molecular weight is 473 g/mol. The lowest BCUT2D eigenvalue weighted by molar-refractivity contribution is -0.142. The number of carbonyl (C=O) groups is 5. The average Bonchev–Trinajstić information content (AvgIpc) is 2.71. The lowest BCUT2D eigenvalue weighted by Crippen LogP contribution is -2.56. The molecule has 0 aromatic carbocycles. The fraction of sp³-hybridized carbons (Fsp3) is 0.684. The van der Waals surface area contributed by atoms with Crippen molar-refractivity contribution in [3.05, 3.63) is 0 Å². The molecule has 0 spiro atoms. The summed E-state index contributed by atoms with van der Waals surface area (Å²) in [5.41, 5.74) is 20.9. The highest BCUT2D eigenvalue weighted by Gasteiger charge is 2.29. The van der Waals surface area contributed by atoms with Gasteiger partial charge in [0.2, 0.25) is 23.6 Å². The number of carboxylic acids is 1. The van der Waals surface area contributed by atoms with E-state index < -0.39 is 47.7 Å². The van der Waals surface area contributed by atoms with Crippen LogP contribution in [0.5, 0.6) is 0 Å². The van der Waals surface area contributed by atoms with Crippen molar-refractivity contribution in [2.45, 2.75) is 64.1 Å². The standard InChI is InChI=1S/C19H36N8O6/c1-10(2)8-13(25-15(29)9-20)17(31)26-11(4-3-7-24-19(22)23)16(30)27-12(18(32)33)5-6-14(21)28/h10-13H,3-9,20H2,1-2H3,(H2,21,28)(H,25,29)(H,26,31)(H,27,30)(H,32,33)(H4,22,23,24). The van der Waals surface area contributed by atoms with Gasteiger partial charge >= 0.3 is 5.97 Å². The number of rotatable bonds is 16. The molecule has 4 amide bonds. The Labute approximate surface area is 192 Å². The van der Waals surface area contributed by atoms with Crippen LogP contribution in [0.15, 0.2) is 4.99 Å². The van der Waals surface area contributed by atoms with Gasteiger partial charge < -0.3 is 44.0 Å². The van der Waals surface area contributed by atoms with Crippen LogP contribution in [0.2, 0.25) is 0 Å². The molecular weight excluding hydrogens is 436 g/mol. The van der Waals surface area contributed by atoms with Gasteiger partial charge in [-0.1, -0.05) is 13.8 Å². The van der Waals surface area contributed by atoms with E-state index >= 15 is 0 Å². The maximum Gasteiger partial charge on any atom is 0.326 e. The van der Waals surface area contributed by atoms with Crippen LogP contribution in [0.25, 0.3) is 0 Å². The summed E-state index contributed by atoms with van der Waals surface area (Å²) in [6, 6.07) is -3.48. The lowest BCUT2D eigenvalue weighted by atomic mass is 10.0. The van der Waals surface area contributed by atoms with Crippen LogP contribution in [0, 0.1) is 5.92 Å². The van der Waals surface area contributed by atoms with Gasteiger partial charge in [-0.15, -0.1) is 0 Å². The molecular formula is C19H36N8O6. The number of hydrogen-bond acceptors (Lipinski definition) is 7. The van der Waals surface area contributed by atoms with E-state index in [1.807, 2.05) is 13.8 Å². The second-order valence-electron chi connectivity index (χ2n) is 7.87. The number of nitrogens with two attached hydrogens (primary N) is 4. The second-order valence-corrected chi connectivity index (χ2v) is 7.87. The molecule has 0 rings (SSSR count). The number of aliphatic imine (C=N–C) groups is 1. The Balaban J connectivity index is 5.49. The van der Waals surface area contributed by atoms with Crippen molar-refractivity contribution in [2.75, 3.05) is 13.1 Å². The van der Waals surface area contributed by atoms with E-state index in [0.29, 0.717) is 6.42 Å². The SMILES string of the molecule is CC(C)CC(NC(=O)CN)C(=O)NC(CCCN=C(N)N)C(=O)NC(CCC(N)=O)C(=O)O. The summed E-state index contributed by atoms with van der Waals surface area (Å²) in [7, 11) is 0. The number of primary amides is 1. The lowest BCUT2D eigenvalue weighted by Gasteiger charge is -2.25. The maximum absolute atomic E-state index is 12.8. The molecule has 3 unspecified atom stereocenters. The molecule has 0 aliphatic carbocycles. The molecule has 3 atom stereocenters. The fourth-order valence-electron chi connectivity index (χ4n) is 2.82. The van der Waals surface area contributed by atoms with Crippen LogP contribution in [-0.4, -0.2) is 71.9 Å². The topological polar surface area (TPSA) is 258 Å². The molecule has 0 aliphatic rings. The minimum Gasteiger partial charge on any atom is -0.480 e. The molecule has 14 nitrogen and oxygen atoms in total. The third-order valence-electron chi connectivity index (χ3n) is 4.42. The van der Waals surface area contributed by atoms with Crippen LogP contribution >= 0.6 is 0 Å². The Hall–Kier alpha value is -3.42. The number of carbonyl (C=O) groups excluding carboxylic acids is 4. The smallest absolute Gasteiger partial charge is 0.326 e. The van der Waals surface area contributed by atoms with Crippen molar-refractivity contribution in [1.82, 2.24) is 16.0 Å². The van der Waals surface area contributed by atoms with Gasteiger partial charge in [0.05, 0.1) is 6.54 Å². The van der Waals surface area contributed by atoms with Crippen molar-refractivity contribution < 1.29 is 29.1 Å². The molecule has 0 aliphatic heterocycles. The molecule has 0 saturated carbocycles. The van der Waals surface area contributed by atoms with Crippen LogP contribution in [0.4, 0.5) is 0 Å². The Morgan fingerprint density at radius 3 is 1.94 bits per heavy atom. The molecule has 0 bridgehead atoms. The summed E-state index contributed by atoms with van der Waals surface area (Å²) in [5.74, 6) is -4.12. The molecule has 188 valence electrons. The van der Waals surface area contributed by atoms with Crippen molar-refractivity contribution in [2.24, 2.45) is 33.8 Å². The number of carboxylic acid groups (broad SMARTS) is 1. The third-order valence-corrected chi connectivity index (χ3v) is 4.42. The summed E-state index contributed by atoms with van der Waals surface area (Å²) >= 11 is 0. The van der Waals surface area contributed by atoms with Crippen molar-refractivity contribution >= 4 is 35.6 Å². The molecule has 0 fully saturated rings. The molecule has 0 aromatic rings. The Morgan fingerprint density at radius 1 is 0.879 bits per heavy atom. The van der Waals surface area contributed by atoms with Gasteiger partial charge in [0.1, 0.15) is 18.1 Å². The molecule has 0 aromatic heterocycles. The van der Waals surface area contributed by atoms with Crippen molar-refractivity contribution in [3.8, 4) is 0 Å². The van der Waals surface area contributed by atoms with E-state index in [2.05, 4.69) is 20.9 Å². The van der Waals surface area contributed by atoms with Crippen LogP contribution < -0.4 is 38.9 Å². The van der Waals surface area contributed by atoms with Crippen molar-refractivity contribution in [1.29, 1.82) is 0 Å². The second kappa shape index (κ2) is 15.4. The van der Waals surface area contributed by atoms with E-state index in [0.717, 1.165) is 0 Å². The summed E-state index contributed by atoms with van der Waals surface area (Å²) in [6.07, 6.45) is 0.194. The highest BCUT2D eigenvalue weighted by atomic mass is 16.4. The maximum atomic E-state index is 12.8. The zero-order chi connectivity index (χ0) is 25.6. The zero-order valence-corrected chi connectivity index (χ0v) is 19.0. The van der Waals surface area contributed by atoms with Gasteiger partial charge in [0.25, 0.3) is 0 Å². The van der Waals surface area contributed by atoms with Gasteiger partial charge in [0.15, 0.2) is 5.96 Å². The number of nitrogens with one attached hydrogen (secondary N) is 3. The quantitative estimate of drug-likeness (QED) is 0.0639. The van der Waals surface area contributed by atoms with Crippen LogP contribution in [0.3, 0.4) is 0 Å². The summed E-state index contributed by atoms with van der Waals surface area (Å²) in [4.78, 5) is 63.6. The normalized spacial score (nSPS) is 13.3. The largest absolute Gasteiger partial charge is 0.480 e. The molecule has 33 heavy (non-hydrogen) atoms. The highest BCUT2D eigenvalue weighted by Crippen LogP contribution is 2.08. The first-order valence-electron chi connectivity index (χ1n) is 10.5. The molecule has 0 radical (unpaired) electrons. The zero-order valence-electron chi connectivity index (χ0n) is 19.0. The van der Waals surface area contributed by atoms with Gasteiger partial charge in [-0.05, 0) is 31.6 Å². The molecule has 0 heterocycles. The Morgan fingerprint density at radius 2 is 1.45 bits per heavy atom. The Kier molecular flexibility index (Phi) is 13.8. The van der Waals surface area contributed by atoms with E-state index in [9.17, 15) is 29.1 Å². The van der Waals surface area contributed by atoms with E-state index in [-0.39, 0.29) is 50.7 Å². The number of aliphatic carboxylic acids is 1. The first-order valence-corrected chi connectivity index (χ1v) is 10.5. The minimum atomic E-state index is -1.38. The predicted molar refractivity (Wildman–Crippen MR) is 120 cm³/mol.